The van der Waals surface area contributed by atoms with Gasteiger partial charge in [-0.25, -0.2) is 8.42 Å². The summed E-state index contributed by atoms with van der Waals surface area (Å²) in [6, 6.07) is 22.8. The number of nitrogens with one attached hydrogen (secondary N) is 1. The molecule has 0 saturated heterocycles. The zero-order valence-corrected chi connectivity index (χ0v) is 26.2. The van der Waals surface area contributed by atoms with Crippen molar-refractivity contribution in [2.45, 2.75) is 58.7 Å². The molecule has 0 aromatic heterocycles. The molecule has 0 saturated carbocycles. The molecule has 42 heavy (non-hydrogen) atoms. The number of carbonyl (C=O) groups is 2. The van der Waals surface area contributed by atoms with Gasteiger partial charge in [0.2, 0.25) is 21.8 Å². The Labute approximate surface area is 254 Å². The molecule has 0 radical (unpaired) electrons. The van der Waals surface area contributed by atoms with Crippen LogP contribution >= 0.6 is 11.6 Å². The largest absolute Gasteiger partial charge is 0.492 e. The lowest BCUT2D eigenvalue weighted by atomic mass is 10.0. The summed E-state index contributed by atoms with van der Waals surface area (Å²) in [5, 5.41) is 3.46. The van der Waals surface area contributed by atoms with Crippen molar-refractivity contribution in [3.05, 3.63) is 95.0 Å². The van der Waals surface area contributed by atoms with Crippen LogP contribution in [-0.4, -0.2) is 56.6 Å². The molecule has 3 rings (SSSR count). The van der Waals surface area contributed by atoms with Crippen LogP contribution in [0, 0.1) is 0 Å². The maximum Gasteiger partial charge on any atom is 0.243 e. The van der Waals surface area contributed by atoms with E-state index < -0.39 is 16.1 Å². The summed E-state index contributed by atoms with van der Waals surface area (Å²) < 4.78 is 32.5. The standard InChI is InChI=1S/C32H40ClN3O5S/c1-5-41-30-19-12-11-18-28(30)36(42(4,39)40)21-13-20-31(37)35(23-26-16-9-10-17-27(26)33)29(32(38)34-24(2)3)22-25-14-7-6-8-15-25/h6-12,14-19,24,29H,5,13,20-23H2,1-4H3,(H,34,38)/t29-/m1/s1. The van der Waals surface area contributed by atoms with E-state index in [9.17, 15) is 18.0 Å². The van der Waals surface area contributed by atoms with Crippen molar-refractivity contribution in [3.63, 3.8) is 0 Å². The normalized spacial score (nSPS) is 12.0. The number of hydrogen-bond donors (Lipinski definition) is 1. The van der Waals surface area contributed by atoms with Gasteiger partial charge in [0.1, 0.15) is 11.8 Å². The number of sulfonamides is 1. The Morgan fingerprint density at radius 2 is 1.60 bits per heavy atom. The summed E-state index contributed by atoms with van der Waals surface area (Å²) in [7, 11) is -3.67. The third kappa shape index (κ3) is 9.49. The molecule has 0 aliphatic rings. The fourth-order valence-corrected chi connectivity index (χ4v) is 5.83. The van der Waals surface area contributed by atoms with Crippen molar-refractivity contribution in [2.24, 2.45) is 0 Å². The number of nitrogens with zero attached hydrogens (tertiary/aromatic N) is 2. The van der Waals surface area contributed by atoms with Crippen LogP contribution in [0.1, 0.15) is 44.7 Å². The second kappa shape index (κ2) is 15.6. The predicted molar refractivity (Wildman–Crippen MR) is 168 cm³/mol. The van der Waals surface area contributed by atoms with Gasteiger partial charge >= 0.3 is 0 Å². The summed E-state index contributed by atoms with van der Waals surface area (Å²) in [5.41, 5.74) is 2.04. The summed E-state index contributed by atoms with van der Waals surface area (Å²) in [5.74, 6) is -0.0932. The molecule has 226 valence electrons. The van der Waals surface area contributed by atoms with Crippen LogP contribution in [0.4, 0.5) is 5.69 Å². The van der Waals surface area contributed by atoms with E-state index >= 15 is 0 Å². The van der Waals surface area contributed by atoms with Gasteiger partial charge in [-0.2, -0.15) is 0 Å². The highest BCUT2D eigenvalue weighted by atomic mass is 35.5. The Morgan fingerprint density at radius 1 is 0.952 bits per heavy atom. The first-order valence-corrected chi connectivity index (χ1v) is 16.3. The maximum absolute atomic E-state index is 13.9. The molecular formula is C32H40ClN3O5S. The highest BCUT2D eigenvalue weighted by Crippen LogP contribution is 2.30. The van der Waals surface area contributed by atoms with Gasteiger partial charge in [-0.3, -0.25) is 13.9 Å². The molecule has 0 bridgehead atoms. The average Bonchev–Trinajstić information content (AvgIpc) is 2.94. The molecule has 3 aromatic rings. The zero-order chi connectivity index (χ0) is 30.7. The van der Waals surface area contributed by atoms with Crippen molar-refractivity contribution in [1.29, 1.82) is 0 Å². The van der Waals surface area contributed by atoms with Gasteiger partial charge in [0, 0.05) is 37.0 Å². The Hall–Kier alpha value is -3.56. The van der Waals surface area contributed by atoms with Crippen molar-refractivity contribution in [2.75, 3.05) is 23.7 Å². The average molecular weight is 614 g/mol. The van der Waals surface area contributed by atoms with Gasteiger partial charge in [0.25, 0.3) is 0 Å². The Kier molecular flexibility index (Phi) is 12.2. The highest BCUT2D eigenvalue weighted by Gasteiger charge is 2.31. The SMILES string of the molecule is CCOc1ccccc1N(CCCC(=O)N(Cc1ccccc1Cl)[C@H](Cc1ccccc1)C(=O)NC(C)C)S(C)(=O)=O. The maximum atomic E-state index is 13.9. The fraction of sp³-hybridized carbons (Fsp3) is 0.375. The van der Waals surface area contributed by atoms with Gasteiger partial charge in [0.05, 0.1) is 18.6 Å². The van der Waals surface area contributed by atoms with Crippen molar-refractivity contribution < 1.29 is 22.7 Å². The Morgan fingerprint density at radius 3 is 2.24 bits per heavy atom. The lowest BCUT2D eigenvalue weighted by molar-refractivity contribution is -0.141. The molecule has 0 aliphatic heterocycles. The van der Waals surface area contributed by atoms with E-state index in [-0.39, 0.29) is 43.8 Å². The highest BCUT2D eigenvalue weighted by molar-refractivity contribution is 7.92. The minimum atomic E-state index is -3.67. The molecule has 0 fully saturated rings. The van der Waals surface area contributed by atoms with E-state index in [1.807, 2.05) is 69.3 Å². The molecule has 10 heteroatoms. The van der Waals surface area contributed by atoms with Gasteiger partial charge in [0.15, 0.2) is 0 Å². The van der Waals surface area contributed by atoms with Gasteiger partial charge in [-0.05, 0) is 56.5 Å². The van der Waals surface area contributed by atoms with Crippen LogP contribution in [0.25, 0.3) is 0 Å². The van der Waals surface area contributed by atoms with Crippen LogP contribution in [0.2, 0.25) is 5.02 Å². The quantitative estimate of drug-likeness (QED) is 0.246. The van der Waals surface area contributed by atoms with Crippen molar-refractivity contribution >= 4 is 39.1 Å². The summed E-state index contributed by atoms with van der Waals surface area (Å²) >= 11 is 6.48. The number of para-hydroxylation sites is 2. The Bertz CT molecular complexity index is 1430. The number of halogens is 1. The molecule has 0 unspecified atom stereocenters. The van der Waals surface area contributed by atoms with Gasteiger partial charge in [-0.15, -0.1) is 0 Å². The van der Waals surface area contributed by atoms with Crippen LogP contribution in [0.3, 0.4) is 0 Å². The lowest BCUT2D eigenvalue weighted by Crippen LogP contribution is -2.51. The number of rotatable bonds is 15. The first-order valence-electron chi connectivity index (χ1n) is 14.1. The number of amides is 2. The minimum absolute atomic E-state index is 0.0214. The lowest BCUT2D eigenvalue weighted by Gasteiger charge is -2.32. The summed E-state index contributed by atoms with van der Waals surface area (Å²) in [4.78, 5) is 29.0. The molecule has 0 aliphatic carbocycles. The van der Waals surface area contributed by atoms with Gasteiger partial charge in [-0.1, -0.05) is 72.3 Å². The molecule has 3 aromatic carbocycles. The molecule has 2 amide bonds. The second-order valence-electron chi connectivity index (χ2n) is 10.3. The van der Waals surface area contributed by atoms with Gasteiger partial charge < -0.3 is 15.0 Å². The van der Waals surface area contributed by atoms with Crippen LogP contribution < -0.4 is 14.4 Å². The van der Waals surface area contributed by atoms with E-state index in [4.69, 9.17) is 16.3 Å². The number of hydrogen-bond acceptors (Lipinski definition) is 5. The van der Waals surface area contributed by atoms with E-state index in [1.54, 1.807) is 35.2 Å². The number of ether oxygens (including phenoxy) is 1. The molecule has 1 N–H and O–H groups in total. The summed E-state index contributed by atoms with van der Waals surface area (Å²) in [6.07, 6.45) is 1.70. The first kappa shape index (κ1) is 32.9. The minimum Gasteiger partial charge on any atom is -0.492 e. The number of carbonyl (C=O) groups excluding carboxylic acids is 2. The zero-order valence-electron chi connectivity index (χ0n) is 24.6. The predicted octanol–water partition coefficient (Wildman–Crippen LogP) is 5.45. The topological polar surface area (TPSA) is 96.0 Å². The molecule has 1 atom stereocenters. The van der Waals surface area contributed by atoms with Crippen LogP contribution in [-0.2, 0) is 32.6 Å². The molecule has 8 nitrogen and oxygen atoms in total. The molecule has 0 heterocycles. The molecule has 0 spiro atoms. The van der Waals surface area contributed by atoms with Crippen molar-refractivity contribution in [1.82, 2.24) is 10.2 Å². The van der Waals surface area contributed by atoms with Crippen LogP contribution in [0.15, 0.2) is 78.9 Å². The second-order valence-corrected chi connectivity index (χ2v) is 12.6. The first-order chi connectivity index (χ1) is 20.0. The smallest absolute Gasteiger partial charge is 0.243 e. The number of benzene rings is 3. The summed E-state index contributed by atoms with van der Waals surface area (Å²) in [6.45, 7) is 6.15. The third-order valence-electron chi connectivity index (χ3n) is 6.59. The third-order valence-corrected chi connectivity index (χ3v) is 8.14. The molecular weight excluding hydrogens is 574 g/mol. The van der Waals surface area contributed by atoms with E-state index in [2.05, 4.69) is 5.32 Å². The Balaban J connectivity index is 1.90. The van der Waals surface area contributed by atoms with E-state index in [1.165, 1.54) is 4.31 Å². The monoisotopic (exact) mass is 613 g/mol. The van der Waals surface area contributed by atoms with Crippen molar-refractivity contribution in [3.8, 4) is 5.75 Å². The van der Waals surface area contributed by atoms with E-state index in [0.29, 0.717) is 35.1 Å². The van der Waals surface area contributed by atoms with Crippen LogP contribution in [0.5, 0.6) is 5.75 Å². The van der Waals surface area contributed by atoms with E-state index in [0.717, 1.165) is 11.8 Å². The number of anilines is 1. The fourth-order valence-electron chi connectivity index (χ4n) is 4.67.